The van der Waals surface area contributed by atoms with Crippen LogP contribution in [0.15, 0.2) is 0 Å². The molecule has 2 aliphatic heterocycles. The van der Waals surface area contributed by atoms with Crippen LogP contribution >= 0.6 is 0 Å². The number of ether oxygens (including phenoxy) is 2. The molecule has 0 aromatic heterocycles. The lowest BCUT2D eigenvalue weighted by atomic mass is 10.0. The van der Waals surface area contributed by atoms with Crippen molar-refractivity contribution >= 4 is 11.8 Å². The largest absolute Gasteiger partial charge is 0.382 e. The summed E-state index contributed by atoms with van der Waals surface area (Å²) in [5.41, 5.74) is -0.386. The van der Waals surface area contributed by atoms with Gasteiger partial charge in [-0.1, -0.05) is 0 Å². The molecule has 6 nitrogen and oxygen atoms in total. The van der Waals surface area contributed by atoms with Crippen molar-refractivity contribution in [1.82, 2.24) is 9.80 Å². The third-order valence-electron chi connectivity index (χ3n) is 3.93. The third kappa shape index (κ3) is 4.41. The zero-order valence-electron chi connectivity index (χ0n) is 13.3. The van der Waals surface area contributed by atoms with Gasteiger partial charge in [-0.15, -0.1) is 0 Å². The van der Waals surface area contributed by atoms with E-state index in [0.717, 1.165) is 12.8 Å². The Bertz CT molecular complexity index is 397. The first-order chi connectivity index (χ1) is 9.91. The van der Waals surface area contributed by atoms with E-state index in [1.165, 1.54) is 0 Å². The van der Waals surface area contributed by atoms with Crippen molar-refractivity contribution in [3.63, 3.8) is 0 Å². The van der Waals surface area contributed by atoms with Crippen LogP contribution in [0.1, 0.15) is 33.1 Å². The fourth-order valence-corrected chi connectivity index (χ4v) is 3.05. The van der Waals surface area contributed by atoms with Gasteiger partial charge in [-0.3, -0.25) is 9.59 Å². The summed E-state index contributed by atoms with van der Waals surface area (Å²) < 4.78 is 11.0. The number of hydrogen-bond donors (Lipinski definition) is 0. The molecule has 2 saturated heterocycles. The molecule has 2 aliphatic rings. The fourth-order valence-electron chi connectivity index (χ4n) is 3.05. The predicted molar refractivity (Wildman–Crippen MR) is 77.8 cm³/mol. The maximum absolute atomic E-state index is 12.5. The van der Waals surface area contributed by atoms with Gasteiger partial charge in [0, 0.05) is 33.2 Å². The number of likely N-dealkylation sites (tertiary alicyclic amines) is 1. The number of amides is 2. The molecule has 0 aromatic carbocycles. The second kappa shape index (κ2) is 6.75. The summed E-state index contributed by atoms with van der Waals surface area (Å²) in [7, 11) is 1.63. The van der Waals surface area contributed by atoms with Crippen LogP contribution in [0.4, 0.5) is 0 Å². The smallest absolute Gasteiger partial charge is 0.242 e. The van der Waals surface area contributed by atoms with E-state index in [-0.39, 0.29) is 30.1 Å². The Hall–Kier alpha value is -1.14. The molecule has 2 rings (SSSR count). The van der Waals surface area contributed by atoms with Gasteiger partial charge in [0.15, 0.2) is 0 Å². The lowest BCUT2D eigenvalue weighted by Gasteiger charge is -2.43. The number of carbonyl (C=O) groups is 2. The summed E-state index contributed by atoms with van der Waals surface area (Å²) in [6, 6.07) is 0. The van der Waals surface area contributed by atoms with Crippen molar-refractivity contribution < 1.29 is 19.1 Å². The monoisotopic (exact) mass is 298 g/mol. The van der Waals surface area contributed by atoms with E-state index < -0.39 is 0 Å². The molecule has 0 spiro atoms. The molecular formula is C15H26N2O4. The van der Waals surface area contributed by atoms with Crippen LogP contribution in [-0.2, 0) is 19.1 Å². The van der Waals surface area contributed by atoms with Gasteiger partial charge in [0.05, 0.1) is 24.9 Å². The van der Waals surface area contributed by atoms with E-state index in [9.17, 15) is 9.59 Å². The maximum atomic E-state index is 12.5. The van der Waals surface area contributed by atoms with Crippen LogP contribution in [0.25, 0.3) is 0 Å². The van der Waals surface area contributed by atoms with Crippen molar-refractivity contribution in [3.8, 4) is 0 Å². The van der Waals surface area contributed by atoms with Gasteiger partial charge in [0.2, 0.25) is 11.8 Å². The SMILES string of the molecule is COC[C@@H]1CN(C(=O)CN2CCCCC2=O)CC(C)(C)O1. The second-order valence-corrected chi connectivity index (χ2v) is 6.50. The third-order valence-corrected chi connectivity index (χ3v) is 3.93. The van der Waals surface area contributed by atoms with Crippen molar-refractivity contribution in [1.29, 1.82) is 0 Å². The zero-order valence-corrected chi connectivity index (χ0v) is 13.3. The molecule has 2 heterocycles. The first-order valence-corrected chi connectivity index (χ1v) is 7.63. The Morgan fingerprint density at radius 3 is 2.86 bits per heavy atom. The molecule has 0 bridgehead atoms. The number of nitrogens with zero attached hydrogens (tertiary/aromatic N) is 2. The summed E-state index contributed by atoms with van der Waals surface area (Å²) in [6.07, 6.45) is 2.37. The minimum absolute atomic E-state index is 0.00253. The number of carbonyl (C=O) groups excluding carboxylic acids is 2. The quantitative estimate of drug-likeness (QED) is 0.765. The predicted octanol–water partition coefficient (Wildman–Crippen LogP) is 0.651. The Balaban J connectivity index is 1.95. The lowest BCUT2D eigenvalue weighted by molar-refractivity contribution is -0.170. The van der Waals surface area contributed by atoms with Gasteiger partial charge in [0.25, 0.3) is 0 Å². The summed E-state index contributed by atoms with van der Waals surface area (Å²) in [6.45, 7) is 6.37. The van der Waals surface area contributed by atoms with E-state index in [4.69, 9.17) is 9.47 Å². The average molecular weight is 298 g/mol. The summed E-state index contributed by atoms with van der Waals surface area (Å²) in [5.74, 6) is 0.0956. The van der Waals surface area contributed by atoms with E-state index in [1.54, 1.807) is 16.9 Å². The first-order valence-electron chi connectivity index (χ1n) is 7.63. The standard InChI is InChI=1S/C15H26N2O4/c1-15(2)11-17(8-12(21-15)10-20-3)14(19)9-16-7-5-4-6-13(16)18/h12H,4-11H2,1-3H3/t12-/m0/s1. The second-order valence-electron chi connectivity index (χ2n) is 6.50. The van der Waals surface area contributed by atoms with E-state index >= 15 is 0 Å². The van der Waals surface area contributed by atoms with Crippen LogP contribution < -0.4 is 0 Å². The van der Waals surface area contributed by atoms with Gasteiger partial charge in [-0.2, -0.15) is 0 Å². The average Bonchev–Trinajstić information content (AvgIpc) is 2.40. The lowest BCUT2D eigenvalue weighted by Crippen LogP contribution is -2.57. The fraction of sp³-hybridized carbons (Fsp3) is 0.867. The number of morpholine rings is 1. The molecule has 6 heteroatoms. The molecule has 0 saturated carbocycles. The molecule has 1 atom stereocenters. The molecule has 120 valence electrons. The first kappa shape index (κ1) is 16.2. The molecule has 2 amide bonds. The molecule has 21 heavy (non-hydrogen) atoms. The van der Waals surface area contributed by atoms with Crippen molar-refractivity contribution in [3.05, 3.63) is 0 Å². The molecule has 0 unspecified atom stereocenters. The molecule has 0 N–H and O–H groups in total. The van der Waals surface area contributed by atoms with Crippen molar-refractivity contribution in [2.24, 2.45) is 0 Å². The Morgan fingerprint density at radius 2 is 2.19 bits per heavy atom. The van der Waals surface area contributed by atoms with Crippen LogP contribution in [-0.4, -0.2) is 73.2 Å². The summed E-state index contributed by atoms with van der Waals surface area (Å²) in [4.78, 5) is 27.8. The van der Waals surface area contributed by atoms with Gasteiger partial charge in [-0.25, -0.2) is 0 Å². The van der Waals surface area contributed by atoms with Crippen LogP contribution in [0.5, 0.6) is 0 Å². The number of hydrogen-bond acceptors (Lipinski definition) is 4. The van der Waals surface area contributed by atoms with Crippen molar-refractivity contribution in [2.75, 3.05) is 39.9 Å². The van der Waals surface area contributed by atoms with Crippen LogP contribution in [0, 0.1) is 0 Å². The zero-order chi connectivity index (χ0) is 15.5. The van der Waals surface area contributed by atoms with Crippen LogP contribution in [0.3, 0.4) is 0 Å². The molecule has 0 aliphatic carbocycles. The van der Waals surface area contributed by atoms with E-state index in [2.05, 4.69) is 0 Å². The minimum atomic E-state index is -0.386. The highest BCUT2D eigenvalue weighted by molar-refractivity contribution is 5.85. The molecular weight excluding hydrogens is 272 g/mol. The van der Waals surface area contributed by atoms with E-state index in [0.29, 0.717) is 32.7 Å². The minimum Gasteiger partial charge on any atom is -0.382 e. The summed E-state index contributed by atoms with van der Waals surface area (Å²) >= 11 is 0. The highest BCUT2D eigenvalue weighted by Crippen LogP contribution is 2.22. The summed E-state index contributed by atoms with van der Waals surface area (Å²) in [5, 5.41) is 0. The van der Waals surface area contributed by atoms with E-state index in [1.807, 2.05) is 13.8 Å². The van der Waals surface area contributed by atoms with Gasteiger partial charge < -0.3 is 19.3 Å². The highest BCUT2D eigenvalue weighted by atomic mass is 16.5. The number of methoxy groups -OCH3 is 1. The normalized spacial score (nSPS) is 26.0. The molecule has 0 aromatic rings. The van der Waals surface area contributed by atoms with Gasteiger partial charge in [0.1, 0.15) is 0 Å². The maximum Gasteiger partial charge on any atom is 0.242 e. The van der Waals surface area contributed by atoms with Crippen molar-refractivity contribution in [2.45, 2.75) is 44.8 Å². The number of rotatable bonds is 4. The Labute approximate surface area is 126 Å². The topological polar surface area (TPSA) is 59.1 Å². The Morgan fingerprint density at radius 1 is 1.43 bits per heavy atom. The van der Waals surface area contributed by atoms with Gasteiger partial charge >= 0.3 is 0 Å². The molecule has 0 radical (unpaired) electrons. The van der Waals surface area contributed by atoms with Crippen LogP contribution in [0.2, 0.25) is 0 Å². The number of piperidine rings is 1. The Kier molecular flexibility index (Phi) is 5.22. The highest BCUT2D eigenvalue weighted by Gasteiger charge is 2.36. The van der Waals surface area contributed by atoms with Gasteiger partial charge in [-0.05, 0) is 26.7 Å². The molecule has 2 fully saturated rings.